The third-order valence-corrected chi connectivity index (χ3v) is 6.91. The molecule has 0 aliphatic carbocycles. The van der Waals surface area contributed by atoms with Crippen LogP contribution in [0.3, 0.4) is 0 Å². The summed E-state index contributed by atoms with van der Waals surface area (Å²) in [7, 11) is 0. The second kappa shape index (κ2) is 9.72. The van der Waals surface area contributed by atoms with E-state index in [1.54, 1.807) is 47.6 Å². The molecule has 2 aliphatic rings. The second-order valence-corrected chi connectivity index (χ2v) is 9.98. The second-order valence-electron chi connectivity index (χ2n) is 9.98. The quantitative estimate of drug-likeness (QED) is 0.532. The number of carbonyl (C=O) groups excluding carboxylic acids is 2. The van der Waals surface area contributed by atoms with Gasteiger partial charge in [0, 0.05) is 18.0 Å². The van der Waals surface area contributed by atoms with E-state index in [9.17, 15) is 14.0 Å². The number of benzene rings is 2. The van der Waals surface area contributed by atoms with Crippen molar-refractivity contribution in [3.05, 3.63) is 94.8 Å². The van der Waals surface area contributed by atoms with Gasteiger partial charge in [0.1, 0.15) is 5.82 Å². The lowest BCUT2D eigenvalue weighted by Crippen LogP contribution is -2.42. The van der Waals surface area contributed by atoms with E-state index in [4.69, 9.17) is 5.73 Å². The molecule has 8 nitrogen and oxygen atoms in total. The van der Waals surface area contributed by atoms with E-state index in [1.807, 2.05) is 6.07 Å². The van der Waals surface area contributed by atoms with E-state index >= 15 is 0 Å². The zero-order valence-corrected chi connectivity index (χ0v) is 20.9. The summed E-state index contributed by atoms with van der Waals surface area (Å²) < 4.78 is 14.1. The zero-order chi connectivity index (χ0) is 26.2. The Morgan fingerprint density at radius 2 is 1.78 bits per heavy atom. The van der Waals surface area contributed by atoms with Crippen LogP contribution in [0.1, 0.15) is 59.6 Å². The van der Waals surface area contributed by atoms with Crippen LogP contribution in [-0.4, -0.2) is 37.5 Å². The molecule has 190 valence electrons. The molecular weight excluding hydrogens is 471 g/mol. The maximum atomic E-state index is 14.1. The van der Waals surface area contributed by atoms with E-state index in [0.29, 0.717) is 36.6 Å². The Kier molecular flexibility index (Phi) is 6.45. The number of hydrogen-bond acceptors (Lipinski definition) is 6. The summed E-state index contributed by atoms with van der Waals surface area (Å²) in [4.78, 5) is 43.4. The van der Waals surface area contributed by atoms with Crippen molar-refractivity contribution in [1.82, 2.24) is 19.8 Å². The molecule has 1 atom stereocenters. The number of aromatic nitrogens is 2. The van der Waals surface area contributed by atoms with Crippen molar-refractivity contribution in [1.29, 1.82) is 0 Å². The van der Waals surface area contributed by atoms with Gasteiger partial charge in [0.05, 0.1) is 31.0 Å². The van der Waals surface area contributed by atoms with Gasteiger partial charge in [0.25, 0.3) is 11.8 Å². The standard InChI is InChI=1S/C28H29FN6O2/c1-18(2)9-10-28(21-7-4-8-22(29)14-21)26(37)35(27(30)33-28)15-19-5-3-6-20(13-19)25(36)34-16-23-24(17-34)32-12-11-31-23/h3-8,11-14,18H,9-10,15-17H2,1-2H3,(H2,30,33). The van der Waals surface area contributed by atoms with E-state index in [2.05, 4.69) is 28.8 Å². The number of aliphatic imine (C=N–C) groups is 1. The fourth-order valence-electron chi connectivity index (χ4n) is 4.91. The van der Waals surface area contributed by atoms with Crippen molar-refractivity contribution in [2.24, 2.45) is 16.6 Å². The molecule has 0 spiro atoms. The molecule has 3 aromatic rings. The molecule has 2 amide bonds. The molecule has 2 aliphatic heterocycles. The molecule has 9 heteroatoms. The lowest BCUT2D eigenvalue weighted by Gasteiger charge is -2.27. The molecule has 0 radical (unpaired) electrons. The Balaban J connectivity index is 1.38. The minimum Gasteiger partial charge on any atom is -0.369 e. The summed E-state index contributed by atoms with van der Waals surface area (Å²) in [6.07, 6.45) is 4.38. The lowest BCUT2D eigenvalue weighted by atomic mass is 9.83. The number of halogens is 1. The van der Waals surface area contributed by atoms with Gasteiger partial charge in [0.15, 0.2) is 11.5 Å². The van der Waals surface area contributed by atoms with E-state index < -0.39 is 11.4 Å². The first-order chi connectivity index (χ1) is 17.8. The predicted octanol–water partition coefficient (Wildman–Crippen LogP) is 3.76. The van der Waals surface area contributed by atoms with Crippen LogP contribution in [-0.2, 0) is 30.0 Å². The fraction of sp³-hybridized carbons (Fsp3) is 0.321. The molecule has 1 aromatic heterocycles. The number of rotatable bonds is 7. The van der Waals surface area contributed by atoms with Crippen molar-refractivity contribution >= 4 is 17.8 Å². The van der Waals surface area contributed by atoms with E-state index in [0.717, 1.165) is 23.4 Å². The van der Waals surface area contributed by atoms with Gasteiger partial charge in [-0.1, -0.05) is 38.1 Å². The molecule has 3 heterocycles. The largest absolute Gasteiger partial charge is 0.369 e. The topological polar surface area (TPSA) is 105 Å². The van der Waals surface area contributed by atoms with E-state index in [1.165, 1.54) is 17.0 Å². The highest BCUT2D eigenvalue weighted by Gasteiger charge is 2.49. The molecule has 0 saturated carbocycles. The van der Waals surface area contributed by atoms with E-state index in [-0.39, 0.29) is 24.3 Å². The first kappa shape index (κ1) is 24.5. The zero-order valence-electron chi connectivity index (χ0n) is 20.9. The van der Waals surface area contributed by atoms with Crippen LogP contribution in [0.15, 0.2) is 65.9 Å². The third-order valence-electron chi connectivity index (χ3n) is 6.91. The van der Waals surface area contributed by atoms with Crippen LogP contribution in [0.2, 0.25) is 0 Å². The molecule has 0 saturated heterocycles. The van der Waals surface area contributed by atoms with Crippen LogP contribution in [0.5, 0.6) is 0 Å². The van der Waals surface area contributed by atoms with Crippen molar-refractivity contribution in [3.8, 4) is 0 Å². The summed E-state index contributed by atoms with van der Waals surface area (Å²) in [5.41, 5.74) is 8.35. The molecule has 0 bridgehead atoms. The summed E-state index contributed by atoms with van der Waals surface area (Å²) >= 11 is 0. The van der Waals surface area contributed by atoms with Gasteiger partial charge >= 0.3 is 0 Å². The maximum Gasteiger partial charge on any atom is 0.262 e. The number of guanidine groups is 1. The minimum absolute atomic E-state index is 0.0851. The highest BCUT2D eigenvalue weighted by molar-refractivity contribution is 6.07. The molecule has 1 unspecified atom stereocenters. The number of hydrogen-bond donors (Lipinski definition) is 1. The van der Waals surface area contributed by atoms with Crippen LogP contribution in [0.25, 0.3) is 0 Å². The lowest BCUT2D eigenvalue weighted by molar-refractivity contribution is -0.132. The van der Waals surface area contributed by atoms with Crippen LogP contribution in [0, 0.1) is 11.7 Å². The van der Waals surface area contributed by atoms with Gasteiger partial charge in [-0.3, -0.25) is 24.5 Å². The van der Waals surface area contributed by atoms with Gasteiger partial charge < -0.3 is 10.6 Å². The van der Waals surface area contributed by atoms with Crippen molar-refractivity contribution in [3.63, 3.8) is 0 Å². The van der Waals surface area contributed by atoms with Gasteiger partial charge in [-0.15, -0.1) is 0 Å². The molecular formula is C28H29FN6O2. The smallest absolute Gasteiger partial charge is 0.262 e. The van der Waals surface area contributed by atoms with Crippen molar-refractivity contribution < 1.29 is 14.0 Å². The molecule has 37 heavy (non-hydrogen) atoms. The number of amides is 2. The van der Waals surface area contributed by atoms with Gasteiger partial charge in [-0.05, 0) is 54.2 Å². The van der Waals surface area contributed by atoms with Crippen LogP contribution < -0.4 is 5.73 Å². The maximum absolute atomic E-state index is 14.1. The van der Waals surface area contributed by atoms with Crippen molar-refractivity contribution in [2.75, 3.05) is 0 Å². The summed E-state index contributed by atoms with van der Waals surface area (Å²) in [5, 5.41) is 0. The molecule has 2 aromatic carbocycles. The molecule has 2 N–H and O–H groups in total. The Labute approximate surface area is 215 Å². The molecule has 0 fully saturated rings. The normalized spacial score (nSPS) is 18.9. The Morgan fingerprint density at radius 1 is 1.08 bits per heavy atom. The third kappa shape index (κ3) is 4.69. The summed E-state index contributed by atoms with van der Waals surface area (Å²) in [6, 6.07) is 13.2. The average Bonchev–Trinajstić information content (AvgIpc) is 3.42. The number of fused-ring (bicyclic) bond motifs is 1. The first-order valence-electron chi connectivity index (χ1n) is 12.4. The Hall–Kier alpha value is -4.14. The van der Waals surface area contributed by atoms with Crippen molar-refractivity contribution in [2.45, 2.75) is 51.9 Å². The van der Waals surface area contributed by atoms with Gasteiger partial charge in [-0.25, -0.2) is 9.38 Å². The highest BCUT2D eigenvalue weighted by atomic mass is 19.1. The van der Waals surface area contributed by atoms with Crippen LogP contribution in [0.4, 0.5) is 4.39 Å². The summed E-state index contributed by atoms with van der Waals surface area (Å²) in [6.45, 7) is 5.09. The number of carbonyl (C=O) groups is 2. The van der Waals surface area contributed by atoms with Gasteiger partial charge in [0.2, 0.25) is 0 Å². The SMILES string of the molecule is CC(C)CCC1(c2cccc(F)c2)N=C(N)N(Cc2cccc(C(=O)N3Cc4nccnc4C3)c2)C1=O. The minimum atomic E-state index is -1.27. The molecule has 5 rings (SSSR count). The Bertz CT molecular complexity index is 1370. The van der Waals surface area contributed by atoms with Crippen LogP contribution >= 0.6 is 0 Å². The fourth-order valence-corrected chi connectivity index (χ4v) is 4.91. The summed E-state index contributed by atoms with van der Waals surface area (Å²) in [5.74, 6) is -0.445. The van der Waals surface area contributed by atoms with Gasteiger partial charge in [-0.2, -0.15) is 0 Å². The number of nitrogens with zero attached hydrogens (tertiary/aromatic N) is 5. The monoisotopic (exact) mass is 500 g/mol. The average molecular weight is 501 g/mol. The predicted molar refractivity (Wildman–Crippen MR) is 136 cm³/mol. The Morgan fingerprint density at radius 3 is 2.46 bits per heavy atom. The number of nitrogens with two attached hydrogens (primary N) is 1. The highest BCUT2D eigenvalue weighted by Crippen LogP contribution is 2.39. The first-order valence-corrected chi connectivity index (χ1v) is 12.4.